The Balaban J connectivity index is 2.33. The number of nitrogens with one attached hydrogen (secondary N) is 1. The van der Waals surface area contributed by atoms with Crippen LogP contribution in [0.15, 0.2) is 24.3 Å². The van der Waals surface area contributed by atoms with Gasteiger partial charge in [-0.2, -0.15) is 0 Å². The number of rotatable bonds is 2. The molecule has 1 amide bonds. The predicted octanol–water partition coefficient (Wildman–Crippen LogP) is 4.07. The van der Waals surface area contributed by atoms with E-state index >= 15 is 0 Å². The standard InChI is InChI=1S/C16H22ClNO/c1-15(2,3)18-14(19)16(10-4-5-11-16)12-6-8-13(17)9-7-12/h6-9H,4-5,10-11H2,1-3H3,(H,18,19). The Bertz CT molecular complexity index is 453. The first-order chi connectivity index (χ1) is 8.83. The summed E-state index contributed by atoms with van der Waals surface area (Å²) in [6, 6.07) is 7.74. The monoisotopic (exact) mass is 279 g/mol. The van der Waals surface area contributed by atoms with Crippen LogP contribution in [0.25, 0.3) is 0 Å². The van der Waals surface area contributed by atoms with E-state index in [1.165, 1.54) is 0 Å². The zero-order valence-electron chi connectivity index (χ0n) is 11.9. The molecule has 0 unspecified atom stereocenters. The molecule has 0 bridgehead atoms. The number of halogens is 1. The lowest BCUT2D eigenvalue weighted by molar-refractivity contribution is -0.128. The first-order valence-corrected chi connectivity index (χ1v) is 7.30. The van der Waals surface area contributed by atoms with Gasteiger partial charge in [0.1, 0.15) is 0 Å². The maximum Gasteiger partial charge on any atom is 0.231 e. The molecule has 0 spiro atoms. The quantitative estimate of drug-likeness (QED) is 0.869. The molecule has 1 aromatic rings. The van der Waals surface area contributed by atoms with Gasteiger partial charge in [-0.3, -0.25) is 4.79 Å². The molecule has 0 aliphatic heterocycles. The first-order valence-electron chi connectivity index (χ1n) is 6.92. The van der Waals surface area contributed by atoms with Gasteiger partial charge in [-0.25, -0.2) is 0 Å². The second kappa shape index (κ2) is 5.16. The van der Waals surface area contributed by atoms with E-state index in [4.69, 9.17) is 11.6 Å². The minimum atomic E-state index is -0.363. The Hall–Kier alpha value is -1.02. The summed E-state index contributed by atoms with van der Waals surface area (Å²) < 4.78 is 0. The van der Waals surface area contributed by atoms with Gasteiger partial charge < -0.3 is 5.32 Å². The molecule has 1 N–H and O–H groups in total. The average molecular weight is 280 g/mol. The van der Waals surface area contributed by atoms with Gasteiger partial charge in [0.15, 0.2) is 0 Å². The molecule has 2 rings (SSSR count). The van der Waals surface area contributed by atoms with Crippen LogP contribution < -0.4 is 5.32 Å². The molecule has 0 atom stereocenters. The number of carbonyl (C=O) groups is 1. The molecule has 0 radical (unpaired) electrons. The van der Waals surface area contributed by atoms with Gasteiger partial charge in [-0.15, -0.1) is 0 Å². The average Bonchev–Trinajstić information content (AvgIpc) is 2.78. The third-order valence-electron chi connectivity index (χ3n) is 3.78. The SMILES string of the molecule is CC(C)(C)NC(=O)C1(c2ccc(Cl)cc2)CCCC1. The summed E-state index contributed by atoms with van der Waals surface area (Å²) in [4.78, 5) is 12.7. The molecule has 0 saturated heterocycles. The Kier molecular flexibility index (Phi) is 3.91. The van der Waals surface area contributed by atoms with Crippen molar-refractivity contribution in [1.82, 2.24) is 5.32 Å². The van der Waals surface area contributed by atoms with Crippen LogP contribution >= 0.6 is 11.6 Å². The lowest BCUT2D eigenvalue weighted by Crippen LogP contribution is -2.50. The summed E-state index contributed by atoms with van der Waals surface area (Å²) in [7, 11) is 0. The maximum absolute atomic E-state index is 12.7. The van der Waals surface area contributed by atoms with Crippen LogP contribution in [0.4, 0.5) is 0 Å². The Labute approximate surface area is 120 Å². The van der Waals surface area contributed by atoms with Crippen molar-refractivity contribution in [1.29, 1.82) is 0 Å². The highest BCUT2D eigenvalue weighted by molar-refractivity contribution is 6.30. The number of carbonyl (C=O) groups excluding carboxylic acids is 1. The number of hydrogen-bond acceptors (Lipinski definition) is 1. The molecule has 1 fully saturated rings. The van der Waals surface area contributed by atoms with E-state index in [0.29, 0.717) is 5.02 Å². The largest absolute Gasteiger partial charge is 0.351 e. The van der Waals surface area contributed by atoms with Gasteiger partial charge in [0.25, 0.3) is 0 Å². The summed E-state index contributed by atoms with van der Waals surface area (Å²) in [5, 5.41) is 3.86. The van der Waals surface area contributed by atoms with Crippen LogP contribution in [0, 0.1) is 0 Å². The topological polar surface area (TPSA) is 29.1 Å². The van der Waals surface area contributed by atoms with Crippen molar-refractivity contribution in [3.63, 3.8) is 0 Å². The number of hydrogen-bond donors (Lipinski definition) is 1. The molecule has 1 aromatic carbocycles. The summed E-state index contributed by atoms with van der Waals surface area (Å²) in [5.41, 5.74) is 0.535. The van der Waals surface area contributed by atoms with E-state index in [1.54, 1.807) is 0 Å². The highest BCUT2D eigenvalue weighted by Gasteiger charge is 2.43. The minimum Gasteiger partial charge on any atom is -0.351 e. The zero-order valence-corrected chi connectivity index (χ0v) is 12.7. The highest BCUT2D eigenvalue weighted by atomic mass is 35.5. The van der Waals surface area contributed by atoms with Gasteiger partial charge in [0.05, 0.1) is 5.41 Å². The van der Waals surface area contributed by atoms with Crippen LogP contribution in [0.2, 0.25) is 5.02 Å². The van der Waals surface area contributed by atoms with E-state index in [9.17, 15) is 4.79 Å². The molecule has 104 valence electrons. The fourth-order valence-electron chi connectivity index (χ4n) is 2.85. The molecule has 2 nitrogen and oxygen atoms in total. The number of benzene rings is 1. The normalized spacial score (nSPS) is 18.3. The van der Waals surface area contributed by atoms with Crippen molar-refractivity contribution in [2.45, 2.75) is 57.4 Å². The van der Waals surface area contributed by atoms with Crippen LogP contribution in [0.5, 0.6) is 0 Å². The summed E-state index contributed by atoms with van der Waals surface area (Å²) >= 11 is 5.95. The van der Waals surface area contributed by atoms with Gasteiger partial charge in [0, 0.05) is 10.6 Å². The minimum absolute atomic E-state index is 0.153. The molecule has 3 heteroatoms. The van der Waals surface area contributed by atoms with E-state index < -0.39 is 0 Å². The second-order valence-corrected chi connectivity index (χ2v) is 6.94. The molecule has 1 saturated carbocycles. The van der Waals surface area contributed by atoms with Crippen LogP contribution in [0.3, 0.4) is 0 Å². The van der Waals surface area contributed by atoms with Crippen LogP contribution in [-0.4, -0.2) is 11.4 Å². The third kappa shape index (κ3) is 3.11. The van der Waals surface area contributed by atoms with Crippen LogP contribution in [0.1, 0.15) is 52.0 Å². The van der Waals surface area contributed by atoms with E-state index in [0.717, 1.165) is 31.2 Å². The highest BCUT2D eigenvalue weighted by Crippen LogP contribution is 2.42. The summed E-state index contributed by atoms with van der Waals surface area (Å²) in [5.74, 6) is 0.153. The van der Waals surface area contributed by atoms with E-state index in [2.05, 4.69) is 5.32 Å². The Morgan fingerprint density at radius 2 is 1.68 bits per heavy atom. The molecule has 0 heterocycles. The van der Waals surface area contributed by atoms with Crippen molar-refractivity contribution in [2.75, 3.05) is 0 Å². The Morgan fingerprint density at radius 3 is 2.16 bits per heavy atom. The summed E-state index contributed by atoms with van der Waals surface area (Å²) in [6.07, 6.45) is 4.08. The van der Waals surface area contributed by atoms with Crippen molar-refractivity contribution >= 4 is 17.5 Å². The van der Waals surface area contributed by atoms with Gasteiger partial charge in [-0.05, 0) is 51.3 Å². The molecule has 19 heavy (non-hydrogen) atoms. The second-order valence-electron chi connectivity index (χ2n) is 6.50. The van der Waals surface area contributed by atoms with Gasteiger partial charge in [-0.1, -0.05) is 36.6 Å². The lowest BCUT2D eigenvalue weighted by Gasteiger charge is -2.32. The van der Waals surface area contributed by atoms with Crippen molar-refractivity contribution < 1.29 is 4.79 Å². The summed E-state index contributed by atoms with van der Waals surface area (Å²) in [6.45, 7) is 6.07. The zero-order chi connectivity index (χ0) is 14.1. The van der Waals surface area contributed by atoms with Gasteiger partial charge in [0.2, 0.25) is 5.91 Å². The van der Waals surface area contributed by atoms with Gasteiger partial charge >= 0.3 is 0 Å². The smallest absolute Gasteiger partial charge is 0.231 e. The predicted molar refractivity (Wildman–Crippen MR) is 79.5 cm³/mol. The molecular formula is C16H22ClNO. The first kappa shape index (κ1) is 14.4. The molecule has 0 aromatic heterocycles. The van der Waals surface area contributed by atoms with Crippen molar-refractivity contribution in [3.8, 4) is 0 Å². The Morgan fingerprint density at radius 1 is 1.16 bits per heavy atom. The molecule has 1 aliphatic rings. The van der Waals surface area contributed by atoms with Crippen molar-refractivity contribution in [2.24, 2.45) is 0 Å². The fourth-order valence-corrected chi connectivity index (χ4v) is 2.98. The lowest BCUT2D eigenvalue weighted by atomic mass is 9.77. The molecular weight excluding hydrogens is 258 g/mol. The maximum atomic E-state index is 12.7. The van der Waals surface area contributed by atoms with E-state index in [-0.39, 0.29) is 16.9 Å². The van der Waals surface area contributed by atoms with E-state index in [1.807, 2.05) is 45.0 Å². The number of amides is 1. The molecule has 1 aliphatic carbocycles. The van der Waals surface area contributed by atoms with Crippen LogP contribution in [-0.2, 0) is 10.2 Å². The third-order valence-corrected chi connectivity index (χ3v) is 4.03. The van der Waals surface area contributed by atoms with Crippen molar-refractivity contribution in [3.05, 3.63) is 34.9 Å². The fraction of sp³-hybridized carbons (Fsp3) is 0.562.